The molecule has 0 spiro atoms. The quantitative estimate of drug-likeness (QED) is 0.404. The lowest BCUT2D eigenvalue weighted by molar-refractivity contribution is 0.205. The van der Waals surface area contributed by atoms with Crippen LogP contribution in [0, 0.1) is 0 Å². The molecule has 1 atom stereocenters. The van der Waals surface area contributed by atoms with Gasteiger partial charge in [-0.05, 0) is 6.92 Å². The van der Waals surface area contributed by atoms with Crippen LogP contribution in [0.1, 0.15) is 6.92 Å². The number of rotatable bonds is 2. The fraction of sp³-hybridized carbons (Fsp3) is 0.800. The van der Waals surface area contributed by atoms with E-state index >= 15 is 0 Å². The molecule has 0 bridgehead atoms. The van der Waals surface area contributed by atoms with Gasteiger partial charge >= 0.3 is 0 Å². The summed E-state index contributed by atoms with van der Waals surface area (Å²) in [6.07, 6.45) is 0.988. The first-order valence-corrected chi connectivity index (χ1v) is 2.50. The van der Waals surface area contributed by atoms with Crippen LogP contribution in [0.4, 0.5) is 0 Å². The molecule has 3 nitrogen and oxygen atoms in total. The highest BCUT2D eigenvalue weighted by atomic mass is 16.3. The van der Waals surface area contributed by atoms with Gasteiger partial charge in [0, 0.05) is 14.1 Å². The molecule has 0 aliphatic heterocycles. The van der Waals surface area contributed by atoms with Gasteiger partial charge in [-0.25, -0.2) is 4.99 Å². The minimum absolute atomic E-state index is 0.586. The highest BCUT2D eigenvalue weighted by Crippen LogP contribution is 1.77. The van der Waals surface area contributed by atoms with Crippen molar-refractivity contribution < 1.29 is 5.11 Å². The lowest BCUT2D eigenvalue weighted by Crippen LogP contribution is -2.10. The van der Waals surface area contributed by atoms with E-state index in [1.165, 1.54) is 0 Å². The van der Waals surface area contributed by atoms with Gasteiger partial charge in [-0.1, -0.05) is 0 Å². The summed E-state index contributed by atoms with van der Waals surface area (Å²) in [5, 5.41) is 8.58. The second-order valence-electron chi connectivity index (χ2n) is 1.86. The van der Waals surface area contributed by atoms with Crippen LogP contribution < -0.4 is 0 Å². The maximum Gasteiger partial charge on any atom is 0.144 e. The van der Waals surface area contributed by atoms with Crippen LogP contribution >= 0.6 is 0 Å². The van der Waals surface area contributed by atoms with E-state index in [9.17, 15) is 0 Å². The van der Waals surface area contributed by atoms with E-state index in [-0.39, 0.29) is 0 Å². The van der Waals surface area contributed by atoms with Crippen LogP contribution in [0.2, 0.25) is 0 Å². The summed E-state index contributed by atoms with van der Waals surface area (Å²) in [7, 11) is 3.71. The zero-order chi connectivity index (χ0) is 6.57. The van der Waals surface area contributed by atoms with Gasteiger partial charge in [0.2, 0.25) is 0 Å². The van der Waals surface area contributed by atoms with E-state index < -0.39 is 6.23 Å². The Balaban J connectivity index is 3.34. The maximum absolute atomic E-state index is 8.58. The van der Waals surface area contributed by atoms with Crippen LogP contribution in [0.15, 0.2) is 4.99 Å². The smallest absolute Gasteiger partial charge is 0.144 e. The van der Waals surface area contributed by atoms with Crippen molar-refractivity contribution in [3.63, 3.8) is 0 Å². The molecule has 3 heteroatoms. The Bertz CT molecular complexity index is 68.5. The van der Waals surface area contributed by atoms with Crippen molar-refractivity contribution in [2.75, 3.05) is 14.1 Å². The summed E-state index contributed by atoms with van der Waals surface area (Å²) in [5.74, 6) is 0. The van der Waals surface area contributed by atoms with Crippen molar-refractivity contribution in [1.29, 1.82) is 0 Å². The molecule has 0 rings (SSSR count). The van der Waals surface area contributed by atoms with Crippen LogP contribution in [0.25, 0.3) is 0 Å². The third-order valence-corrected chi connectivity index (χ3v) is 0.513. The van der Waals surface area contributed by atoms with Gasteiger partial charge in [0.1, 0.15) is 6.23 Å². The highest BCUT2D eigenvalue weighted by Gasteiger charge is 1.83. The third-order valence-electron chi connectivity index (χ3n) is 0.513. The second-order valence-corrected chi connectivity index (χ2v) is 1.86. The van der Waals surface area contributed by atoms with E-state index in [0.29, 0.717) is 0 Å². The summed E-state index contributed by atoms with van der Waals surface area (Å²) < 4.78 is 0. The Kier molecular flexibility index (Phi) is 3.19. The fourth-order valence-electron chi connectivity index (χ4n) is 0.230. The van der Waals surface area contributed by atoms with Crippen molar-refractivity contribution in [3.05, 3.63) is 0 Å². The molecule has 1 unspecified atom stereocenters. The van der Waals surface area contributed by atoms with Crippen LogP contribution in [0.3, 0.4) is 0 Å². The average molecular weight is 116 g/mol. The minimum atomic E-state index is -0.586. The van der Waals surface area contributed by atoms with Gasteiger partial charge in [-0.2, -0.15) is 0 Å². The minimum Gasteiger partial charge on any atom is -0.372 e. The Morgan fingerprint density at radius 3 is 2.25 bits per heavy atom. The van der Waals surface area contributed by atoms with Gasteiger partial charge in [-0.15, -0.1) is 0 Å². The van der Waals surface area contributed by atoms with Crippen molar-refractivity contribution in [2.45, 2.75) is 13.2 Å². The summed E-state index contributed by atoms with van der Waals surface area (Å²) in [6, 6.07) is 0. The number of hydrogen-bond acceptors (Lipinski definition) is 2. The van der Waals surface area contributed by atoms with Crippen molar-refractivity contribution in [1.82, 2.24) is 4.90 Å². The average Bonchev–Trinajstić information content (AvgIpc) is 1.61. The summed E-state index contributed by atoms with van der Waals surface area (Å²) in [6.45, 7) is 1.61. The predicted octanol–water partition coefficient (Wildman–Crippen LogP) is -0.0854. The van der Waals surface area contributed by atoms with Crippen LogP contribution in [0.5, 0.6) is 0 Å². The lowest BCUT2D eigenvalue weighted by atomic mass is 10.7. The number of aliphatic hydroxyl groups is 1. The summed E-state index contributed by atoms with van der Waals surface area (Å²) in [4.78, 5) is 5.45. The number of nitrogens with zero attached hydrogens (tertiary/aromatic N) is 2. The standard InChI is InChI=1S/C5H12N2O/c1-5(8)6-4-7(2)3/h4-5,8H,1-3H3. The molecule has 0 radical (unpaired) electrons. The maximum atomic E-state index is 8.58. The Morgan fingerprint density at radius 1 is 1.62 bits per heavy atom. The number of aliphatic imine (C=N–C) groups is 1. The molecule has 0 aromatic carbocycles. The van der Waals surface area contributed by atoms with E-state index in [1.54, 1.807) is 18.2 Å². The topological polar surface area (TPSA) is 35.8 Å². The van der Waals surface area contributed by atoms with E-state index in [0.717, 1.165) is 0 Å². The molecule has 0 aliphatic rings. The molecule has 0 aromatic heterocycles. The van der Waals surface area contributed by atoms with Crippen LogP contribution in [-0.4, -0.2) is 36.7 Å². The van der Waals surface area contributed by atoms with Gasteiger partial charge in [0.05, 0.1) is 6.34 Å². The molecule has 48 valence electrons. The van der Waals surface area contributed by atoms with Gasteiger partial charge in [0.15, 0.2) is 0 Å². The zero-order valence-corrected chi connectivity index (χ0v) is 5.50. The number of hydrogen-bond donors (Lipinski definition) is 1. The summed E-state index contributed by atoms with van der Waals surface area (Å²) >= 11 is 0. The van der Waals surface area contributed by atoms with Crippen molar-refractivity contribution in [2.24, 2.45) is 4.99 Å². The third kappa shape index (κ3) is 5.43. The molecular weight excluding hydrogens is 104 g/mol. The zero-order valence-electron chi connectivity index (χ0n) is 5.50. The first-order valence-electron chi connectivity index (χ1n) is 2.50. The first-order chi connectivity index (χ1) is 3.63. The Morgan fingerprint density at radius 2 is 2.12 bits per heavy atom. The first kappa shape index (κ1) is 7.43. The van der Waals surface area contributed by atoms with Gasteiger partial charge < -0.3 is 10.0 Å². The molecule has 0 aromatic rings. The largest absolute Gasteiger partial charge is 0.372 e. The lowest BCUT2D eigenvalue weighted by Gasteiger charge is -2.02. The Labute approximate surface area is 49.6 Å². The van der Waals surface area contributed by atoms with Gasteiger partial charge in [0.25, 0.3) is 0 Å². The molecule has 8 heavy (non-hydrogen) atoms. The molecular formula is C5H12N2O. The molecule has 0 heterocycles. The Hall–Kier alpha value is -0.570. The van der Waals surface area contributed by atoms with Crippen LogP contribution in [-0.2, 0) is 0 Å². The SMILES string of the molecule is CC(O)N=CN(C)C. The van der Waals surface area contributed by atoms with E-state index in [4.69, 9.17) is 5.11 Å². The second kappa shape index (κ2) is 3.43. The molecule has 0 saturated heterocycles. The summed E-state index contributed by atoms with van der Waals surface area (Å²) in [5.41, 5.74) is 0. The molecule has 0 aliphatic carbocycles. The van der Waals surface area contributed by atoms with E-state index in [2.05, 4.69) is 4.99 Å². The molecule has 0 fully saturated rings. The molecule has 0 amide bonds. The number of aliphatic hydroxyl groups excluding tert-OH is 1. The highest BCUT2D eigenvalue weighted by molar-refractivity contribution is 5.53. The van der Waals surface area contributed by atoms with E-state index in [1.807, 2.05) is 14.1 Å². The molecule has 1 N–H and O–H groups in total. The van der Waals surface area contributed by atoms with Crippen molar-refractivity contribution in [3.8, 4) is 0 Å². The fourth-order valence-corrected chi connectivity index (χ4v) is 0.230. The molecule has 0 saturated carbocycles. The normalized spacial score (nSPS) is 14.5. The monoisotopic (exact) mass is 116 g/mol. The van der Waals surface area contributed by atoms with Crippen molar-refractivity contribution >= 4 is 6.34 Å². The van der Waals surface area contributed by atoms with Gasteiger partial charge in [-0.3, -0.25) is 0 Å². The predicted molar refractivity (Wildman–Crippen MR) is 33.9 cm³/mol.